The highest BCUT2D eigenvalue weighted by molar-refractivity contribution is 5.92. The predicted octanol–water partition coefficient (Wildman–Crippen LogP) is 3.31. The van der Waals surface area contributed by atoms with E-state index in [-0.39, 0.29) is 0 Å². The smallest absolute Gasteiger partial charge is 0.0968 e. The van der Waals surface area contributed by atoms with Crippen LogP contribution in [0.2, 0.25) is 0 Å². The van der Waals surface area contributed by atoms with Crippen molar-refractivity contribution in [2.75, 3.05) is 0 Å². The molecule has 3 nitrogen and oxygen atoms in total. The van der Waals surface area contributed by atoms with Crippen molar-refractivity contribution in [1.82, 2.24) is 15.0 Å². The Labute approximate surface area is 107 Å². The van der Waals surface area contributed by atoms with E-state index in [0.29, 0.717) is 6.04 Å². The van der Waals surface area contributed by atoms with Gasteiger partial charge in [0.05, 0.1) is 18.1 Å². The van der Waals surface area contributed by atoms with Crippen LogP contribution in [0.25, 0.3) is 22.2 Å². The molecule has 0 fully saturated rings. The van der Waals surface area contributed by atoms with Crippen LogP contribution in [0.15, 0.2) is 42.8 Å². The van der Waals surface area contributed by atoms with Gasteiger partial charge in [0, 0.05) is 29.7 Å². The Morgan fingerprint density at radius 1 is 1.06 bits per heavy atom. The van der Waals surface area contributed by atoms with Gasteiger partial charge in [0.15, 0.2) is 0 Å². The highest BCUT2D eigenvalue weighted by atomic mass is 14.8. The number of hydrogen-bond donors (Lipinski definition) is 0. The van der Waals surface area contributed by atoms with Crippen molar-refractivity contribution >= 4 is 11.0 Å². The molecule has 0 aliphatic carbocycles. The van der Waals surface area contributed by atoms with Crippen LogP contribution in [0.1, 0.15) is 12.6 Å². The van der Waals surface area contributed by atoms with Gasteiger partial charge in [-0.3, -0.25) is 9.97 Å². The summed E-state index contributed by atoms with van der Waals surface area (Å²) in [6.07, 6.45) is 5.30. The minimum Gasteiger partial charge on any atom is -0.264 e. The van der Waals surface area contributed by atoms with Crippen LogP contribution in [0.4, 0.5) is 0 Å². The van der Waals surface area contributed by atoms with Crippen LogP contribution in [0.5, 0.6) is 0 Å². The first kappa shape index (κ1) is 9.71. The zero-order chi connectivity index (χ0) is 13.4. The lowest BCUT2D eigenvalue weighted by Gasteiger charge is -2.08. The summed E-state index contributed by atoms with van der Waals surface area (Å²) in [5.41, 5.74) is 5.48. The average Bonchev–Trinajstić information content (AvgIpc) is 2.39. The third-order valence-corrected chi connectivity index (χ3v) is 2.95. The number of aryl methyl sites for hydroxylation is 2. The van der Waals surface area contributed by atoms with E-state index in [2.05, 4.69) is 15.0 Å². The van der Waals surface area contributed by atoms with Crippen LogP contribution >= 0.6 is 0 Å². The summed E-state index contributed by atoms with van der Waals surface area (Å²) >= 11 is 0. The average molecular weight is 236 g/mol. The van der Waals surface area contributed by atoms with E-state index >= 15 is 0 Å². The van der Waals surface area contributed by atoms with E-state index in [0.717, 1.165) is 33.4 Å². The monoisotopic (exact) mass is 236 g/mol. The lowest BCUT2D eigenvalue weighted by atomic mass is 10.0. The fourth-order valence-corrected chi connectivity index (χ4v) is 2.01. The number of aromatic nitrogens is 3. The number of pyridine rings is 1. The molecule has 1 aromatic carbocycles. The molecule has 0 aliphatic rings. The van der Waals surface area contributed by atoms with E-state index in [1.54, 1.807) is 18.5 Å². The number of rotatable bonds is 1. The molecule has 18 heavy (non-hydrogen) atoms. The molecule has 3 heteroatoms. The number of para-hydroxylation sites is 1. The summed E-state index contributed by atoms with van der Waals surface area (Å²) in [5.74, 6) is 0. The number of hydrogen-bond acceptors (Lipinski definition) is 3. The number of benzene rings is 1. The normalized spacial score (nSPS) is 11.6. The Kier molecular flexibility index (Phi) is 2.26. The van der Waals surface area contributed by atoms with Gasteiger partial charge in [0.2, 0.25) is 0 Å². The Balaban J connectivity index is 2.40. The molecule has 0 saturated carbocycles. The molecule has 0 spiro atoms. The van der Waals surface area contributed by atoms with Gasteiger partial charge in [0.1, 0.15) is 0 Å². The van der Waals surface area contributed by atoms with Gasteiger partial charge in [0.25, 0.3) is 0 Å². The summed E-state index contributed by atoms with van der Waals surface area (Å²) < 4.78 is 7.90. The Morgan fingerprint density at radius 2 is 1.94 bits per heavy atom. The largest absolute Gasteiger partial charge is 0.264 e. The fraction of sp³-hybridized carbons (Fsp3) is 0.133. The van der Waals surface area contributed by atoms with Gasteiger partial charge >= 0.3 is 0 Å². The molecule has 0 bridgehead atoms. The zero-order valence-electron chi connectivity index (χ0n) is 11.3. The van der Waals surface area contributed by atoms with Gasteiger partial charge in [-0.25, -0.2) is 4.98 Å². The van der Waals surface area contributed by atoms with Gasteiger partial charge in [-0.2, -0.15) is 0 Å². The van der Waals surface area contributed by atoms with Crippen LogP contribution in [-0.2, 0) is 0 Å². The molecule has 3 rings (SSSR count). The number of fused-ring (bicyclic) bond motifs is 1. The first-order valence-corrected chi connectivity index (χ1v) is 5.80. The van der Waals surface area contributed by atoms with Crippen molar-refractivity contribution in [3.8, 4) is 11.1 Å². The molecule has 0 aliphatic heterocycles. The minimum atomic E-state index is 0.434. The molecule has 3 aromatic rings. The SMILES string of the molecule is [2H]c1cc(-c2cnccc2C)c2nc(C)cnc2c1. The molecule has 0 amide bonds. The molecule has 0 unspecified atom stereocenters. The minimum absolute atomic E-state index is 0.434. The molecule has 0 atom stereocenters. The Bertz CT molecular complexity index is 768. The molecule has 2 heterocycles. The summed E-state index contributed by atoms with van der Waals surface area (Å²) in [7, 11) is 0. The van der Waals surface area contributed by atoms with Crippen molar-refractivity contribution in [3.63, 3.8) is 0 Å². The third-order valence-electron chi connectivity index (χ3n) is 2.95. The molecular weight excluding hydrogens is 222 g/mol. The first-order chi connectivity index (χ1) is 9.15. The van der Waals surface area contributed by atoms with E-state index in [1.807, 2.05) is 32.2 Å². The highest BCUT2D eigenvalue weighted by Crippen LogP contribution is 2.28. The van der Waals surface area contributed by atoms with Gasteiger partial charge < -0.3 is 0 Å². The van der Waals surface area contributed by atoms with Gasteiger partial charge in [-0.05, 0) is 31.5 Å². The van der Waals surface area contributed by atoms with E-state index in [9.17, 15) is 0 Å². The second-order valence-electron chi connectivity index (χ2n) is 4.30. The second-order valence-corrected chi connectivity index (χ2v) is 4.30. The predicted molar refractivity (Wildman–Crippen MR) is 72.2 cm³/mol. The van der Waals surface area contributed by atoms with Crippen LogP contribution in [0, 0.1) is 13.8 Å². The Morgan fingerprint density at radius 3 is 2.78 bits per heavy atom. The molecule has 0 N–H and O–H groups in total. The molecule has 0 saturated heterocycles. The maximum Gasteiger partial charge on any atom is 0.0968 e. The lowest BCUT2D eigenvalue weighted by Crippen LogP contribution is -1.92. The maximum atomic E-state index is 7.90. The van der Waals surface area contributed by atoms with Crippen molar-refractivity contribution < 1.29 is 1.37 Å². The van der Waals surface area contributed by atoms with Crippen molar-refractivity contribution in [1.29, 1.82) is 0 Å². The molecule has 88 valence electrons. The highest BCUT2D eigenvalue weighted by Gasteiger charge is 2.08. The molecule has 0 radical (unpaired) electrons. The first-order valence-electron chi connectivity index (χ1n) is 6.30. The van der Waals surface area contributed by atoms with Crippen LogP contribution in [0.3, 0.4) is 0 Å². The summed E-state index contributed by atoms with van der Waals surface area (Å²) in [5, 5.41) is 0. The van der Waals surface area contributed by atoms with E-state index < -0.39 is 0 Å². The second kappa shape index (κ2) is 4.18. The maximum absolute atomic E-state index is 7.90. The van der Waals surface area contributed by atoms with Gasteiger partial charge in [-0.15, -0.1) is 0 Å². The van der Waals surface area contributed by atoms with Crippen molar-refractivity contribution in [2.24, 2.45) is 0 Å². The van der Waals surface area contributed by atoms with Crippen molar-refractivity contribution in [2.45, 2.75) is 13.8 Å². The zero-order valence-corrected chi connectivity index (χ0v) is 10.3. The fourth-order valence-electron chi connectivity index (χ4n) is 2.01. The van der Waals surface area contributed by atoms with Gasteiger partial charge in [-0.1, -0.05) is 12.1 Å². The Hall–Kier alpha value is -2.29. The van der Waals surface area contributed by atoms with Crippen LogP contribution in [-0.4, -0.2) is 15.0 Å². The molecular formula is C15H13N3. The van der Waals surface area contributed by atoms with Crippen molar-refractivity contribution in [3.05, 3.63) is 54.1 Å². The standard InChI is InChI=1S/C15H13N3/c1-10-6-7-16-9-13(10)12-4-3-5-14-15(12)18-11(2)8-17-14/h3-9H,1-2H3/i3D. The third kappa shape index (κ3) is 1.74. The quantitative estimate of drug-likeness (QED) is 0.650. The lowest BCUT2D eigenvalue weighted by molar-refractivity contribution is 1.18. The summed E-state index contributed by atoms with van der Waals surface area (Å²) in [6, 6.07) is 5.95. The number of nitrogens with zero attached hydrogens (tertiary/aromatic N) is 3. The topological polar surface area (TPSA) is 38.7 Å². The molecule has 2 aromatic heterocycles. The van der Waals surface area contributed by atoms with Crippen LogP contribution < -0.4 is 0 Å². The summed E-state index contributed by atoms with van der Waals surface area (Å²) in [6.45, 7) is 3.95. The van der Waals surface area contributed by atoms with E-state index in [1.165, 1.54) is 0 Å². The summed E-state index contributed by atoms with van der Waals surface area (Å²) in [4.78, 5) is 13.1. The van der Waals surface area contributed by atoms with E-state index in [4.69, 9.17) is 1.37 Å².